The van der Waals surface area contributed by atoms with Crippen LogP contribution in [0.3, 0.4) is 0 Å². The second-order valence-electron chi connectivity index (χ2n) is 6.19. The van der Waals surface area contributed by atoms with E-state index in [2.05, 4.69) is 27.5 Å². The van der Waals surface area contributed by atoms with Crippen LogP contribution < -0.4 is 15.5 Å². The average Bonchev–Trinajstić information content (AvgIpc) is 2.56. The lowest BCUT2D eigenvalue weighted by Crippen LogP contribution is -2.45. The number of urea groups is 1. The highest BCUT2D eigenvalue weighted by Crippen LogP contribution is 2.28. The predicted molar refractivity (Wildman–Crippen MR) is 92.8 cm³/mol. The molecule has 1 unspecified atom stereocenters. The molecule has 2 rings (SSSR count). The highest BCUT2D eigenvalue weighted by atomic mass is 19.1. The zero-order chi connectivity index (χ0) is 17.5. The van der Waals surface area contributed by atoms with Gasteiger partial charge in [0.05, 0.1) is 6.04 Å². The molecule has 1 fully saturated rings. The van der Waals surface area contributed by atoms with Gasteiger partial charge in [-0.15, -0.1) is 0 Å². The number of aliphatic hydroxyl groups is 1. The van der Waals surface area contributed by atoms with Crippen molar-refractivity contribution in [1.29, 1.82) is 0 Å². The van der Waals surface area contributed by atoms with Crippen LogP contribution in [0.2, 0.25) is 0 Å². The normalized spacial score (nSPS) is 16.8. The van der Waals surface area contributed by atoms with Crippen molar-refractivity contribution in [1.82, 2.24) is 15.5 Å². The largest absolute Gasteiger partial charge is 0.396 e. The fourth-order valence-electron chi connectivity index (χ4n) is 2.81. The number of carbonyl (C=O) groups excluding carboxylic acids is 1. The fourth-order valence-corrected chi connectivity index (χ4v) is 2.81. The maximum absolute atomic E-state index is 13.7. The van der Waals surface area contributed by atoms with Crippen LogP contribution in [0.4, 0.5) is 14.9 Å². The van der Waals surface area contributed by atoms with Crippen LogP contribution in [-0.4, -0.2) is 62.4 Å². The number of rotatable bonds is 6. The molecule has 0 radical (unpaired) electrons. The van der Waals surface area contributed by atoms with Crippen molar-refractivity contribution in [3.8, 4) is 0 Å². The molecular formula is C17H27FN4O2. The second-order valence-corrected chi connectivity index (χ2v) is 6.19. The maximum atomic E-state index is 13.7. The number of likely N-dealkylation sites (N-methyl/N-ethyl adjacent to an activating group) is 1. The Bertz CT molecular complexity index is 547. The van der Waals surface area contributed by atoms with E-state index >= 15 is 0 Å². The third-order valence-electron chi connectivity index (χ3n) is 4.27. The maximum Gasteiger partial charge on any atom is 0.315 e. The van der Waals surface area contributed by atoms with Gasteiger partial charge in [0.25, 0.3) is 0 Å². The molecule has 0 bridgehead atoms. The van der Waals surface area contributed by atoms with Gasteiger partial charge in [-0.05, 0) is 38.6 Å². The molecule has 0 aromatic heterocycles. The van der Waals surface area contributed by atoms with Crippen molar-refractivity contribution in [2.75, 3.05) is 51.3 Å². The summed E-state index contributed by atoms with van der Waals surface area (Å²) in [7, 11) is 2.09. The molecule has 2 amide bonds. The standard InChI is InChI=1S/C17H27FN4O2/c1-13(20-17(24)19-6-3-11-23)15-12-14(18)4-5-16(15)22-9-7-21(2)8-10-22/h4-5,12-13,23H,3,6-11H2,1-2H3,(H2,19,20,24). The molecule has 6 nitrogen and oxygen atoms in total. The van der Waals surface area contributed by atoms with Gasteiger partial charge < -0.3 is 25.5 Å². The quantitative estimate of drug-likeness (QED) is 0.685. The van der Waals surface area contributed by atoms with E-state index in [-0.39, 0.29) is 24.5 Å². The third-order valence-corrected chi connectivity index (χ3v) is 4.27. The Labute approximate surface area is 142 Å². The number of nitrogens with one attached hydrogen (secondary N) is 2. The van der Waals surface area contributed by atoms with Gasteiger partial charge in [0, 0.05) is 50.6 Å². The number of anilines is 1. The molecule has 0 aliphatic carbocycles. The highest BCUT2D eigenvalue weighted by molar-refractivity contribution is 5.74. The van der Waals surface area contributed by atoms with Gasteiger partial charge in [0.2, 0.25) is 0 Å². The number of amides is 2. The molecule has 1 heterocycles. The predicted octanol–water partition coefficient (Wildman–Crippen LogP) is 1.32. The van der Waals surface area contributed by atoms with Crippen LogP contribution in [0.25, 0.3) is 0 Å². The van der Waals surface area contributed by atoms with E-state index in [4.69, 9.17) is 5.11 Å². The number of aliphatic hydroxyl groups excluding tert-OH is 1. The molecule has 134 valence electrons. The van der Waals surface area contributed by atoms with E-state index in [1.807, 2.05) is 6.92 Å². The Morgan fingerprint density at radius 3 is 2.71 bits per heavy atom. The molecule has 1 aromatic carbocycles. The van der Waals surface area contributed by atoms with Crippen molar-refractivity contribution in [3.63, 3.8) is 0 Å². The third kappa shape index (κ3) is 5.07. The molecule has 1 aliphatic rings. The Kier molecular flexibility index (Phi) is 6.81. The van der Waals surface area contributed by atoms with E-state index in [0.29, 0.717) is 13.0 Å². The SMILES string of the molecule is CC(NC(=O)NCCCO)c1cc(F)ccc1N1CCN(C)CC1. The molecule has 0 saturated carbocycles. The first kappa shape index (κ1) is 18.5. The summed E-state index contributed by atoms with van der Waals surface area (Å²) in [5.74, 6) is -0.308. The Hall–Kier alpha value is -1.86. The molecule has 1 saturated heterocycles. The molecule has 0 spiro atoms. The zero-order valence-corrected chi connectivity index (χ0v) is 14.4. The van der Waals surface area contributed by atoms with Gasteiger partial charge in [-0.2, -0.15) is 0 Å². The fraction of sp³-hybridized carbons (Fsp3) is 0.588. The summed E-state index contributed by atoms with van der Waals surface area (Å²) < 4.78 is 13.7. The number of nitrogens with zero attached hydrogens (tertiary/aromatic N) is 2. The molecule has 1 atom stereocenters. The number of halogens is 1. The lowest BCUT2D eigenvalue weighted by molar-refractivity contribution is 0.235. The van der Waals surface area contributed by atoms with Crippen LogP contribution in [0.1, 0.15) is 24.9 Å². The van der Waals surface area contributed by atoms with E-state index in [0.717, 1.165) is 37.4 Å². The van der Waals surface area contributed by atoms with Crippen molar-refractivity contribution in [3.05, 3.63) is 29.6 Å². The molecule has 24 heavy (non-hydrogen) atoms. The second kappa shape index (κ2) is 8.84. The van der Waals surface area contributed by atoms with Crippen LogP contribution in [0.15, 0.2) is 18.2 Å². The monoisotopic (exact) mass is 338 g/mol. The first-order chi connectivity index (χ1) is 11.5. The first-order valence-electron chi connectivity index (χ1n) is 8.39. The summed E-state index contributed by atoms with van der Waals surface area (Å²) in [6.45, 7) is 5.96. The first-order valence-corrected chi connectivity index (χ1v) is 8.39. The van der Waals surface area contributed by atoms with E-state index in [1.165, 1.54) is 12.1 Å². The summed E-state index contributed by atoms with van der Waals surface area (Å²) >= 11 is 0. The summed E-state index contributed by atoms with van der Waals surface area (Å²) in [4.78, 5) is 16.4. The van der Waals surface area contributed by atoms with Gasteiger partial charge in [-0.25, -0.2) is 9.18 Å². The van der Waals surface area contributed by atoms with Crippen molar-refractivity contribution < 1.29 is 14.3 Å². The van der Waals surface area contributed by atoms with E-state index in [1.54, 1.807) is 6.07 Å². The lowest BCUT2D eigenvalue weighted by Gasteiger charge is -2.36. The van der Waals surface area contributed by atoms with Gasteiger partial charge in [-0.1, -0.05) is 0 Å². The molecular weight excluding hydrogens is 311 g/mol. The number of hydrogen-bond acceptors (Lipinski definition) is 4. The van der Waals surface area contributed by atoms with Crippen molar-refractivity contribution in [2.24, 2.45) is 0 Å². The number of carbonyl (C=O) groups is 1. The van der Waals surface area contributed by atoms with E-state index < -0.39 is 0 Å². The molecule has 3 N–H and O–H groups in total. The Morgan fingerprint density at radius 2 is 2.04 bits per heavy atom. The molecule has 7 heteroatoms. The van der Waals surface area contributed by atoms with Gasteiger partial charge in [-0.3, -0.25) is 0 Å². The minimum absolute atomic E-state index is 0.0350. The van der Waals surface area contributed by atoms with Gasteiger partial charge in [0.15, 0.2) is 0 Å². The van der Waals surface area contributed by atoms with Crippen LogP contribution in [-0.2, 0) is 0 Å². The molecule has 1 aliphatic heterocycles. The van der Waals surface area contributed by atoms with Crippen LogP contribution in [0, 0.1) is 5.82 Å². The van der Waals surface area contributed by atoms with Crippen LogP contribution in [0.5, 0.6) is 0 Å². The summed E-state index contributed by atoms with van der Waals surface area (Å²) in [6.07, 6.45) is 0.508. The summed E-state index contributed by atoms with van der Waals surface area (Å²) in [5, 5.41) is 14.3. The summed E-state index contributed by atoms with van der Waals surface area (Å²) in [5.41, 5.74) is 1.74. The minimum atomic E-state index is -0.315. The highest BCUT2D eigenvalue weighted by Gasteiger charge is 2.21. The topological polar surface area (TPSA) is 67.8 Å². The number of hydrogen-bond donors (Lipinski definition) is 3. The van der Waals surface area contributed by atoms with Crippen molar-refractivity contribution in [2.45, 2.75) is 19.4 Å². The van der Waals surface area contributed by atoms with Gasteiger partial charge in [0.1, 0.15) is 5.82 Å². The lowest BCUT2D eigenvalue weighted by atomic mass is 10.0. The Balaban J connectivity index is 2.07. The summed E-state index contributed by atoms with van der Waals surface area (Å²) in [6, 6.07) is 4.11. The zero-order valence-electron chi connectivity index (χ0n) is 14.4. The molecule has 1 aromatic rings. The van der Waals surface area contributed by atoms with Crippen molar-refractivity contribution >= 4 is 11.7 Å². The van der Waals surface area contributed by atoms with Crippen LogP contribution >= 0.6 is 0 Å². The number of piperazine rings is 1. The van der Waals surface area contributed by atoms with E-state index in [9.17, 15) is 9.18 Å². The average molecular weight is 338 g/mol. The van der Waals surface area contributed by atoms with Gasteiger partial charge >= 0.3 is 6.03 Å². The number of benzene rings is 1. The minimum Gasteiger partial charge on any atom is -0.396 e. The smallest absolute Gasteiger partial charge is 0.315 e. The Morgan fingerprint density at radius 1 is 1.33 bits per heavy atom.